The highest BCUT2D eigenvalue weighted by molar-refractivity contribution is 6.31. The Morgan fingerprint density at radius 2 is 2.16 bits per heavy atom. The second-order valence-corrected chi connectivity index (χ2v) is 4.70. The molecule has 1 rings (SSSR count). The largest absolute Gasteiger partial charge is 0.480 e. The lowest BCUT2D eigenvalue weighted by Crippen LogP contribution is -2.48. The summed E-state index contributed by atoms with van der Waals surface area (Å²) in [6.07, 6.45) is 1.23. The maximum absolute atomic E-state index is 12.0. The summed E-state index contributed by atoms with van der Waals surface area (Å²) in [6.45, 7) is 3.85. The first-order valence-electron chi connectivity index (χ1n) is 5.94. The predicted molar refractivity (Wildman–Crippen MR) is 70.3 cm³/mol. The molecule has 0 bridgehead atoms. The molecule has 1 amide bonds. The lowest BCUT2D eigenvalue weighted by Gasteiger charge is -2.17. The van der Waals surface area contributed by atoms with Crippen LogP contribution in [0.2, 0.25) is 5.02 Å². The molecular weight excluding hydrogens is 272 g/mol. The molecule has 0 aromatic carbocycles. The van der Waals surface area contributed by atoms with Gasteiger partial charge in [-0.25, -0.2) is 4.79 Å². The molecule has 0 aliphatic heterocycles. The van der Waals surface area contributed by atoms with Gasteiger partial charge in [-0.2, -0.15) is 0 Å². The Morgan fingerprint density at radius 1 is 1.53 bits per heavy atom. The van der Waals surface area contributed by atoms with Crippen molar-refractivity contribution in [2.45, 2.75) is 39.0 Å². The minimum absolute atomic E-state index is 0.277. The van der Waals surface area contributed by atoms with Gasteiger partial charge in [0.1, 0.15) is 5.69 Å². The topological polar surface area (TPSA) is 91.6 Å². The fourth-order valence-electron chi connectivity index (χ4n) is 1.69. The first-order chi connectivity index (χ1) is 8.86. The van der Waals surface area contributed by atoms with Gasteiger partial charge in [0.15, 0.2) is 6.04 Å². The fourth-order valence-corrected chi connectivity index (χ4v) is 1.92. The van der Waals surface area contributed by atoms with Crippen LogP contribution in [0.5, 0.6) is 0 Å². The van der Waals surface area contributed by atoms with Crippen LogP contribution in [-0.2, 0) is 11.3 Å². The molecule has 0 saturated heterocycles. The van der Waals surface area contributed by atoms with E-state index in [2.05, 4.69) is 5.32 Å². The smallest absolute Gasteiger partial charge is 0.328 e. The van der Waals surface area contributed by atoms with Gasteiger partial charge < -0.3 is 20.1 Å². The third kappa shape index (κ3) is 3.97. The summed E-state index contributed by atoms with van der Waals surface area (Å²) < 4.78 is 1.65. The van der Waals surface area contributed by atoms with Crippen LogP contribution in [0.25, 0.3) is 0 Å². The summed E-state index contributed by atoms with van der Waals surface area (Å²) in [5.41, 5.74) is 0.277. The number of carboxylic acids is 1. The lowest BCUT2D eigenvalue weighted by molar-refractivity contribution is -0.141. The van der Waals surface area contributed by atoms with E-state index in [0.717, 1.165) is 6.42 Å². The number of nitrogens with one attached hydrogen (secondary N) is 1. The number of amides is 1. The number of aliphatic hydroxyl groups is 1. The van der Waals surface area contributed by atoms with Crippen LogP contribution < -0.4 is 5.32 Å². The van der Waals surface area contributed by atoms with Crippen molar-refractivity contribution in [2.24, 2.45) is 0 Å². The van der Waals surface area contributed by atoms with Crippen LogP contribution in [0.4, 0.5) is 0 Å². The van der Waals surface area contributed by atoms with E-state index in [4.69, 9.17) is 16.7 Å². The number of carbonyl (C=O) groups is 2. The summed E-state index contributed by atoms with van der Waals surface area (Å²) in [6, 6.07) is 0.115. The number of carbonyl (C=O) groups excluding carboxylic acids is 1. The number of aromatic nitrogens is 1. The molecule has 106 valence electrons. The minimum atomic E-state index is -1.35. The Morgan fingerprint density at radius 3 is 2.63 bits per heavy atom. The van der Waals surface area contributed by atoms with Gasteiger partial charge in [0.05, 0.1) is 11.1 Å². The van der Waals surface area contributed by atoms with Crippen LogP contribution in [0, 0.1) is 0 Å². The van der Waals surface area contributed by atoms with Gasteiger partial charge in [-0.15, -0.1) is 0 Å². The molecule has 0 aliphatic rings. The van der Waals surface area contributed by atoms with E-state index in [1.165, 1.54) is 13.0 Å². The van der Waals surface area contributed by atoms with Crippen molar-refractivity contribution in [3.05, 3.63) is 23.0 Å². The Balaban J connectivity index is 2.91. The zero-order valence-corrected chi connectivity index (χ0v) is 11.5. The summed E-state index contributed by atoms with van der Waals surface area (Å²) in [7, 11) is 0. The molecule has 3 N–H and O–H groups in total. The molecule has 0 spiro atoms. The van der Waals surface area contributed by atoms with Crippen LogP contribution in [-0.4, -0.2) is 38.8 Å². The summed E-state index contributed by atoms with van der Waals surface area (Å²) in [5, 5.41) is 20.9. The number of hydrogen-bond acceptors (Lipinski definition) is 3. The van der Waals surface area contributed by atoms with Gasteiger partial charge in [0.25, 0.3) is 5.91 Å². The van der Waals surface area contributed by atoms with E-state index < -0.39 is 24.0 Å². The quantitative estimate of drug-likeness (QED) is 0.731. The van der Waals surface area contributed by atoms with Crippen LogP contribution in [0.1, 0.15) is 30.8 Å². The normalized spacial score (nSPS) is 13.9. The number of carboxylic acid groups (broad SMARTS) is 1. The Bertz CT molecular complexity index is 470. The zero-order valence-electron chi connectivity index (χ0n) is 10.8. The number of aryl methyl sites for hydroxylation is 1. The molecule has 0 aliphatic carbocycles. The van der Waals surface area contributed by atoms with Crippen LogP contribution in [0.15, 0.2) is 12.3 Å². The lowest BCUT2D eigenvalue weighted by atomic mass is 10.2. The monoisotopic (exact) mass is 288 g/mol. The molecule has 0 radical (unpaired) electrons. The maximum Gasteiger partial charge on any atom is 0.328 e. The van der Waals surface area contributed by atoms with Crippen molar-refractivity contribution >= 4 is 23.5 Å². The molecule has 19 heavy (non-hydrogen) atoms. The van der Waals surface area contributed by atoms with E-state index in [0.29, 0.717) is 11.6 Å². The highest BCUT2D eigenvalue weighted by Gasteiger charge is 2.26. The van der Waals surface area contributed by atoms with E-state index in [9.17, 15) is 14.7 Å². The van der Waals surface area contributed by atoms with Crippen molar-refractivity contribution in [3.8, 4) is 0 Å². The number of aliphatic carboxylic acids is 1. The second kappa shape index (κ2) is 6.58. The molecule has 6 nitrogen and oxygen atoms in total. The third-order valence-corrected chi connectivity index (χ3v) is 2.80. The minimum Gasteiger partial charge on any atom is -0.480 e. The van der Waals surface area contributed by atoms with Gasteiger partial charge in [0.2, 0.25) is 0 Å². The molecule has 2 atom stereocenters. The zero-order chi connectivity index (χ0) is 14.6. The van der Waals surface area contributed by atoms with Crippen LogP contribution >= 0.6 is 11.6 Å². The molecule has 1 aromatic rings. The number of rotatable bonds is 6. The Hall–Kier alpha value is -1.53. The van der Waals surface area contributed by atoms with Gasteiger partial charge in [-0.05, 0) is 19.4 Å². The Kier molecular flexibility index (Phi) is 5.38. The first-order valence-corrected chi connectivity index (χ1v) is 6.32. The molecule has 7 heteroatoms. The average Bonchev–Trinajstić information content (AvgIpc) is 2.66. The van der Waals surface area contributed by atoms with E-state index in [1.807, 2.05) is 6.92 Å². The van der Waals surface area contributed by atoms with E-state index >= 15 is 0 Å². The fraction of sp³-hybridized carbons (Fsp3) is 0.500. The second-order valence-electron chi connectivity index (χ2n) is 4.27. The number of halogens is 1. The third-order valence-electron chi connectivity index (χ3n) is 2.60. The Labute approximate surface area is 116 Å². The molecule has 0 saturated carbocycles. The summed E-state index contributed by atoms with van der Waals surface area (Å²) in [4.78, 5) is 22.9. The van der Waals surface area contributed by atoms with Crippen molar-refractivity contribution in [3.63, 3.8) is 0 Å². The highest BCUT2D eigenvalue weighted by Crippen LogP contribution is 2.15. The van der Waals surface area contributed by atoms with Crippen molar-refractivity contribution < 1.29 is 19.8 Å². The molecule has 2 unspecified atom stereocenters. The standard InChI is InChI=1S/C12H17ClN2O4/c1-3-4-15-6-8(13)5-9(15)11(17)14-10(7(2)16)12(18)19/h5-7,10,16H,3-4H2,1-2H3,(H,14,17)(H,18,19). The number of nitrogens with zero attached hydrogens (tertiary/aromatic N) is 1. The highest BCUT2D eigenvalue weighted by atomic mass is 35.5. The molecule has 0 fully saturated rings. The molecular formula is C12H17ClN2O4. The summed E-state index contributed by atoms with van der Waals surface area (Å²) >= 11 is 5.84. The van der Waals surface area contributed by atoms with E-state index in [1.54, 1.807) is 10.8 Å². The van der Waals surface area contributed by atoms with E-state index in [-0.39, 0.29) is 5.69 Å². The van der Waals surface area contributed by atoms with Gasteiger partial charge in [-0.3, -0.25) is 4.79 Å². The van der Waals surface area contributed by atoms with Gasteiger partial charge in [0, 0.05) is 12.7 Å². The van der Waals surface area contributed by atoms with Crippen molar-refractivity contribution in [1.82, 2.24) is 9.88 Å². The SMILES string of the molecule is CCCn1cc(Cl)cc1C(=O)NC(C(=O)O)C(C)O. The predicted octanol–water partition coefficient (Wildman–Crippen LogP) is 1.12. The first kappa shape index (κ1) is 15.5. The molecule has 1 heterocycles. The van der Waals surface area contributed by atoms with Gasteiger partial charge in [-0.1, -0.05) is 18.5 Å². The van der Waals surface area contributed by atoms with Crippen LogP contribution in [0.3, 0.4) is 0 Å². The van der Waals surface area contributed by atoms with Crippen molar-refractivity contribution in [2.75, 3.05) is 0 Å². The van der Waals surface area contributed by atoms with Crippen molar-refractivity contribution in [1.29, 1.82) is 0 Å². The summed E-state index contributed by atoms with van der Waals surface area (Å²) in [5.74, 6) is -1.86. The molecule has 1 aromatic heterocycles. The number of aliphatic hydroxyl groups excluding tert-OH is 1. The maximum atomic E-state index is 12.0. The number of hydrogen-bond donors (Lipinski definition) is 3. The van der Waals surface area contributed by atoms with Gasteiger partial charge >= 0.3 is 5.97 Å². The average molecular weight is 289 g/mol.